The van der Waals surface area contributed by atoms with Crippen LogP contribution in [-0.2, 0) is 4.57 Å². The summed E-state index contributed by atoms with van der Waals surface area (Å²) < 4.78 is 19.1. The van der Waals surface area contributed by atoms with E-state index in [9.17, 15) is 9.36 Å². The highest BCUT2D eigenvalue weighted by Gasteiger charge is 2.31. The van der Waals surface area contributed by atoms with Gasteiger partial charge in [0.15, 0.2) is 0 Å². The van der Waals surface area contributed by atoms with Gasteiger partial charge in [0.1, 0.15) is 11.4 Å². The summed E-state index contributed by atoms with van der Waals surface area (Å²) in [7, 11) is -1.72. The van der Waals surface area contributed by atoms with Crippen LogP contribution in [0.3, 0.4) is 0 Å². The Hall–Kier alpha value is -2.60. The summed E-state index contributed by atoms with van der Waals surface area (Å²) in [5, 5.41) is 9.79. The summed E-state index contributed by atoms with van der Waals surface area (Å²) in [6.45, 7) is 7.84. The number of hydrogen-bond acceptors (Lipinski definition) is 3. The molecule has 0 saturated carbocycles. The third-order valence-electron chi connectivity index (χ3n) is 5.33. The fourth-order valence-corrected chi connectivity index (χ4v) is 5.59. The molecule has 2 unspecified atom stereocenters. The van der Waals surface area contributed by atoms with Crippen LogP contribution in [0.5, 0.6) is 5.75 Å². The number of aromatic nitrogens is 1. The Morgan fingerprint density at radius 1 is 1.16 bits per heavy atom. The van der Waals surface area contributed by atoms with E-state index in [-0.39, 0.29) is 11.9 Å². The second-order valence-electron chi connectivity index (χ2n) is 8.83. The molecular weight excluding hydrogens is 411 g/mol. The number of fused-ring (bicyclic) bond motifs is 5. The molecule has 0 radical (unpaired) electrons. The first-order valence-corrected chi connectivity index (χ1v) is 12.1. The van der Waals surface area contributed by atoms with Gasteiger partial charge in [-0.15, -0.1) is 0 Å². The molecule has 1 aromatic heterocycles. The van der Waals surface area contributed by atoms with Crippen molar-refractivity contribution in [2.45, 2.75) is 45.7 Å². The van der Waals surface area contributed by atoms with Gasteiger partial charge in [-0.2, -0.15) is 0 Å². The van der Waals surface area contributed by atoms with Crippen molar-refractivity contribution in [2.24, 2.45) is 0 Å². The van der Waals surface area contributed by atoms with Crippen molar-refractivity contribution in [2.75, 3.05) is 7.05 Å². The van der Waals surface area contributed by atoms with Crippen LogP contribution in [0, 0.1) is 0 Å². The van der Waals surface area contributed by atoms with Gasteiger partial charge in [0.05, 0.1) is 6.04 Å². The largest absolute Gasteiger partial charge is 0.422 e. The van der Waals surface area contributed by atoms with E-state index in [1.165, 1.54) is 0 Å². The van der Waals surface area contributed by atoms with Crippen molar-refractivity contribution >= 4 is 24.5 Å². The van der Waals surface area contributed by atoms with E-state index in [1.807, 2.05) is 51.1 Å². The normalized spacial score (nSPS) is 18.0. The molecule has 0 bridgehead atoms. The van der Waals surface area contributed by atoms with E-state index in [4.69, 9.17) is 4.52 Å². The maximum Gasteiger partial charge on any atom is 0.390 e. The van der Waals surface area contributed by atoms with Gasteiger partial charge in [0.25, 0.3) is 5.91 Å². The Labute approximate surface area is 182 Å². The summed E-state index contributed by atoms with van der Waals surface area (Å²) in [5.74, 6) is 0.324. The maximum atomic E-state index is 13.2. The van der Waals surface area contributed by atoms with Crippen molar-refractivity contribution in [3.8, 4) is 16.9 Å². The average Bonchev–Trinajstić information content (AvgIpc) is 3.04. The topological polar surface area (TPSA) is 95.2 Å². The zero-order valence-corrected chi connectivity index (χ0v) is 19.4. The van der Waals surface area contributed by atoms with Gasteiger partial charge >= 0.3 is 7.67 Å². The first-order chi connectivity index (χ1) is 14.6. The summed E-state index contributed by atoms with van der Waals surface area (Å²) in [5.41, 5.74) is 3.88. The van der Waals surface area contributed by atoms with Crippen molar-refractivity contribution in [1.82, 2.24) is 20.5 Å². The molecule has 0 spiro atoms. The Morgan fingerprint density at radius 3 is 2.58 bits per heavy atom. The van der Waals surface area contributed by atoms with Crippen LogP contribution in [-0.4, -0.2) is 23.5 Å². The number of carbonyl (C=O) groups is 1. The molecule has 4 rings (SSSR count). The fourth-order valence-electron chi connectivity index (χ4n) is 4.05. The lowest BCUT2D eigenvalue weighted by Crippen LogP contribution is -2.38. The zero-order valence-electron chi connectivity index (χ0n) is 18.5. The molecule has 3 aromatic rings. The summed E-state index contributed by atoms with van der Waals surface area (Å²) in [6.07, 6.45) is 0.795. The predicted molar refractivity (Wildman–Crippen MR) is 124 cm³/mol. The standard InChI is InChI=1S/C23H29N4O3P/c1-6-18-15-9-7-8-10-16(15)20-17-13-14(30-31(29,24-5)27-23(2,3)4)11-12-19(17)25-21(20)22(28)26-18/h7-13,18,25H,6H2,1-5H3,(H,26,28)(H2,24,27,29). The molecule has 1 amide bonds. The number of benzene rings is 2. The smallest absolute Gasteiger partial charge is 0.390 e. The van der Waals surface area contributed by atoms with Gasteiger partial charge in [0, 0.05) is 22.0 Å². The Kier molecular flexibility index (Phi) is 5.46. The lowest BCUT2D eigenvalue weighted by atomic mass is 9.93. The maximum absolute atomic E-state index is 13.2. The van der Waals surface area contributed by atoms with E-state index in [0.717, 1.165) is 34.0 Å². The van der Waals surface area contributed by atoms with Crippen molar-refractivity contribution in [1.29, 1.82) is 0 Å². The number of carbonyl (C=O) groups excluding carboxylic acids is 1. The SMILES string of the molecule is CCC1NC(=O)c2[nH]c3ccc(OP(=O)(NC)NC(C)(C)C)cc3c2-c2ccccc21. The number of aromatic amines is 1. The minimum Gasteiger partial charge on any atom is -0.422 e. The summed E-state index contributed by atoms with van der Waals surface area (Å²) in [4.78, 5) is 16.3. The van der Waals surface area contributed by atoms with Gasteiger partial charge in [0.2, 0.25) is 0 Å². The third kappa shape index (κ3) is 4.13. The first-order valence-electron chi connectivity index (χ1n) is 10.5. The third-order valence-corrected chi connectivity index (χ3v) is 7.35. The van der Waals surface area contributed by atoms with Crippen LogP contribution in [0.15, 0.2) is 42.5 Å². The summed E-state index contributed by atoms with van der Waals surface area (Å²) >= 11 is 0. The molecule has 2 atom stereocenters. The molecule has 2 heterocycles. The van der Waals surface area contributed by atoms with Crippen LogP contribution >= 0.6 is 7.67 Å². The molecule has 1 aliphatic rings. The highest BCUT2D eigenvalue weighted by molar-refractivity contribution is 7.55. The van der Waals surface area contributed by atoms with Gasteiger partial charge in [-0.05, 0) is 63.6 Å². The molecule has 2 aromatic carbocycles. The van der Waals surface area contributed by atoms with Crippen molar-refractivity contribution < 1.29 is 13.9 Å². The average molecular weight is 440 g/mol. The molecule has 31 heavy (non-hydrogen) atoms. The van der Waals surface area contributed by atoms with Crippen LogP contribution in [0.2, 0.25) is 0 Å². The first kappa shape index (κ1) is 21.6. The van der Waals surface area contributed by atoms with Crippen molar-refractivity contribution in [3.63, 3.8) is 0 Å². The molecule has 164 valence electrons. The van der Waals surface area contributed by atoms with Crippen LogP contribution in [0.25, 0.3) is 22.0 Å². The van der Waals surface area contributed by atoms with Crippen LogP contribution < -0.4 is 20.0 Å². The van der Waals surface area contributed by atoms with Crippen LogP contribution in [0.1, 0.15) is 56.2 Å². The molecule has 7 nitrogen and oxygen atoms in total. The second kappa shape index (κ2) is 7.83. The monoisotopic (exact) mass is 440 g/mol. The van der Waals surface area contributed by atoms with E-state index in [1.54, 1.807) is 13.1 Å². The minimum atomic E-state index is -3.32. The number of H-pyrrole nitrogens is 1. The number of nitrogens with one attached hydrogen (secondary N) is 4. The highest BCUT2D eigenvalue weighted by atomic mass is 31.2. The van der Waals surface area contributed by atoms with Crippen molar-refractivity contribution in [3.05, 3.63) is 53.7 Å². The lowest BCUT2D eigenvalue weighted by Gasteiger charge is -2.27. The van der Waals surface area contributed by atoms with E-state index < -0.39 is 13.2 Å². The van der Waals surface area contributed by atoms with Gasteiger partial charge < -0.3 is 14.8 Å². The number of amides is 1. The van der Waals surface area contributed by atoms with Gasteiger partial charge in [-0.3, -0.25) is 4.79 Å². The highest BCUT2D eigenvalue weighted by Crippen LogP contribution is 2.44. The van der Waals surface area contributed by atoms with Gasteiger partial charge in [-0.1, -0.05) is 31.2 Å². The molecular formula is C23H29N4O3P. The zero-order chi connectivity index (χ0) is 22.4. The number of rotatable bonds is 5. The lowest BCUT2D eigenvalue weighted by molar-refractivity contribution is 0.0933. The Balaban J connectivity index is 1.85. The predicted octanol–water partition coefficient (Wildman–Crippen LogP) is 5.12. The number of hydrogen-bond donors (Lipinski definition) is 4. The second-order valence-corrected chi connectivity index (χ2v) is 10.8. The Morgan fingerprint density at radius 2 is 1.90 bits per heavy atom. The molecule has 0 fully saturated rings. The van der Waals surface area contributed by atoms with E-state index in [0.29, 0.717) is 11.4 Å². The minimum absolute atomic E-state index is 0.0560. The van der Waals surface area contributed by atoms with E-state index >= 15 is 0 Å². The molecule has 4 N–H and O–H groups in total. The molecule has 0 saturated heterocycles. The van der Waals surface area contributed by atoms with Crippen LogP contribution in [0.4, 0.5) is 0 Å². The quantitative estimate of drug-likeness (QED) is 0.413. The molecule has 8 heteroatoms. The molecule has 1 aliphatic heterocycles. The summed E-state index contributed by atoms with van der Waals surface area (Å²) in [6, 6.07) is 13.5. The van der Waals surface area contributed by atoms with E-state index in [2.05, 4.69) is 33.5 Å². The molecule has 0 aliphatic carbocycles. The fraction of sp³-hybridized carbons (Fsp3) is 0.348. The van der Waals surface area contributed by atoms with Gasteiger partial charge in [-0.25, -0.2) is 14.7 Å². The Bertz CT molecular complexity index is 1200.